The van der Waals surface area contributed by atoms with Crippen molar-refractivity contribution in [3.63, 3.8) is 0 Å². The molecule has 26 heavy (non-hydrogen) atoms. The van der Waals surface area contributed by atoms with Crippen molar-refractivity contribution in [1.82, 2.24) is 10.3 Å². The first-order valence-electron chi connectivity index (χ1n) is 8.83. The molecule has 0 spiro atoms. The number of nitrogens with zero attached hydrogens (tertiary/aromatic N) is 1. The fraction of sp³-hybridized carbons (Fsp3) is 0.333. The van der Waals surface area contributed by atoms with Crippen LogP contribution in [0.4, 0.5) is 0 Å². The molecule has 2 aromatic rings. The maximum Gasteiger partial charge on any atom is 0.244 e. The second-order valence-corrected chi connectivity index (χ2v) is 5.96. The monoisotopic (exact) mass is 354 g/mol. The van der Waals surface area contributed by atoms with Crippen molar-refractivity contribution < 1.29 is 14.3 Å². The van der Waals surface area contributed by atoms with Gasteiger partial charge in [-0.15, -0.1) is 0 Å². The van der Waals surface area contributed by atoms with Crippen molar-refractivity contribution >= 4 is 12.0 Å². The van der Waals surface area contributed by atoms with Crippen LogP contribution in [0.2, 0.25) is 0 Å². The normalized spacial score (nSPS) is 12.0. The highest BCUT2D eigenvalue weighted by molar-refractivity contribution is 5.92. The summed E-state index contributed by atoms with van der Waals surface area (Å²) in [7, 11) is 1.61. The zero-order valence-corrected chi connectivity index (χ0v) is 15.6. The summed E-state index contributed by atoms with van der Waals surface area (Å²) in [4.78, 5) is 16.1. The summed E-state index contributed by atoms with van der Waals surface area (Å²) < 4.78 is 11.1. The minimum absolute atomic E-state index is 0.0842. The number of hydrogen-bond donors (Lipinski definition) is 1. The highest BCUT2D eigenvalue weighted by Gasteiger charge is 2.08. The number of rotatable bonds is 9. The fourth-order valence-electron chi connectivity index (χ4n) is 2.40. The number of carbonyl (C=O) groups excluding carboxylic acids is 1. The standard InChI is InChI=1S/C21H26N2O3/c1-4-5-14-26-19-8-6-17(15-20(19)25-3)7-9-21(24)23-16(2)18-10-12-22-13-11-18/h6-13,15-16H,4-5,14H2,1-3H3,(H,23,24). The third-order valence-corrected chi connectivity index (χ3v) is 3.94. The van der Waals surface area contributed by atoms with Crippen LogP contribution in [0, 0.1) is 0 Å². The number of aromatic nitrogens is 1. The third-order valence-electron chi connectivity index (χ3n) is 3.94. The van der Waals surface area contributed by atoms with Gasteiger partial charge in [-0.3, -0.25) is 9.78 Å². The highest BCUT2D eigenvalue weighted by Crippen LogP contribution is 2.28. The highest BCUT2D eigenvalue weighted by atomic mass is 16.5. The van der Waals surface area contributed by atoms with Crippen LogP contribution in [-0.4, -0.2) is 24.6 Å². The summed E-state index contributed by atoms with van der Waals surface area (Å²) in [5.74, 6) is 1.22. The maximum absolute atomic E-state index is 12.1. The Morgan fingerprint density at radius 1 is 1.23 bits per heavy atom. The van der Waals surface area contributed by atoms with Gasteiger partial charge in [0, 0.05) is 18.5 Å². The molecule has 0 aliphatic heterocycles. The summed E-state index contributed by atoms with van der Waals surface area (Å²) in [6.07, 6.45) is 8.78. The van der Waals surface area contributed by atoms with Crippen LogP contribution in [-0.2, 0) is 4.79 Å². The van der Waals surface area contributed by atoms with Gasteiger partial charge >= 0.3 is 0 Å². The summed E-state index contributed by atoms with van der Waals surface area (Å²) in [6, 6.07) is 9.32. The van der Waals surface area contributed by atoms with Crippen LogP contribution < -0.4 is 14.8 Å². The van der Waals surface area contributed by atoms with E-state index in [1.54, 1.807) is 25.6 Å². The predicted molar refractivity (Wildman–Crippen MR) is 103 cm³/mol. The fourth-order valence-corrected chi connectivity index (χ4v) is 2.40. The zero-order valence-electron chi connectivity index (χ0n) is 15.6. The van der Waals surface area contributed by atoms with Crippen LogP contribution in [0.1, 0.15) is 43.9 Å². The lowest BCUT2D eigenvalue weighted by Crippen LogP contribution is -2.24. The first-order valence-corrected chi connectivity index (χ1v) is 8.83. The van der Waals surface area contributed by atoms with Gasteiger partial charge in [0.15, 0.2) is 11.5 Å². The first kappa shape index (κ1) is 19.5. The molecule has 1 amide bonds. The molecule has 1 aromatic heterocycles. The van der Waals surface area contributed by atoms with Crippen molar-refractivity contribution in [2.45, 2.75) is 32.7 Å². The van der Waals surface area contributed by atoms with Crippen molar-refractivity contribution in [2.75, 3.05) is 13.7 Å². The Balaban J connectivity index is 1.97. The van der Waals surface area contributed by atoms with E-state index in [0.717, 1.165) is 24.0 Å². The number of benzene rings is 1. The van der Waals surface area contributed by atoms with Gasteiger partial charge in [-0.25, -0.2) is 0 Å². The molecule has 0 saturated carbocycles. The van der Waals surface area contributed by atoms with E-state index in [1.165, 1.54) is 6.08 Å². The van der Waals surface area contributed by atoms with Crippen LogP contribution in [0.5, 0.6) is 11.5 Å². The number of unbranched alkanes of at least 4 members (excludes halogenated alkanes) is 1. The van der Waals surface area contributed by atoms with Crippen molar-refractivity contribution in [2.24, 2.45) is 0 Å². The third kappa shape index (κ3) is 5.92. The smallest absolute Gasteiger partial charge is 0.244 e. The summed E-state index contributed by atoms with van der Waals surface area (Å²) in [5.41, 5.74) is 1.88. The van der Waals surface area contributed by atoms with Gasteiger partial charge in [-0.1, -0.05) is 19.4 Å². The Hall–Kier alpha value is -2.82. The molecule has 0 bridgehead atoms. The molecule has 1 heterocycles. The lowest BCUT2D eigenvalue weighted by molar-refractivity contribution is -0.117. The van der Waals surface area contributed by atoms with Crippen LogP contribution in [0.15, 0.2) is 48.8 Å². The average Bonchev–Trinajstić information content (AvgIpc) is 2.67. The van der Waals surface area contributed by atoms with Gasteiger partial charge in [0.05, 0.1) is 19.8 Å². The van der Waals surface area contributed by atoms with E-state index in [9.17, 15) is 4.79 Å². The van der Waals surface area contributed by atoms with E-state index in [0.29, 0.717) is 18.1 Å². The Bertz CT molecular complexity index is 729. The molecule has 1 N–H and O–H groups in total. The quantitative estimate of drug-likeness (QED) is 0.543. The van der Waals surface area contributed by atoms with Crippen molar-refractivity contribution in [1.29, 1.82) is 0 Å². The molecule has 1 aromatic carbocycles. The molecular weight excluding hydrogens is 328 g/mol. The topological polar surface area (TPSA) is 60.5 Å². The van der Waals surface area contributed by atoms with E-state index in [-0.39, 0.29) is 11.9 Å². The van der Waals surface area contributed by atoms with E-state index >= 15 is 0 Å². The second-order valence-electron chi connectivity index (χ2n) is 5.96. The minimum atomic E-state index is -0.156. The molecule has 5 nitrogen and oxygen atoms in total. The first-order chi connectivity index (χ1) is 12.6. The Morgan fingerprint density at radius 2 is 2.00 bits per heavy atom. The van der Waals surface area contributed by atoms with Gasteiger partial charge in [-0.2, -0.15) is 0 Å². The lowest BCUT2D eigenvalue weighted by Gasteiger charge is -2.12. The maximum atomic E-state index is 12.1. The van der Waals surface area contributed by atoms with E-state index in [4.69, 9.17) is 9.47 Å². The number of hydrogen-bond acceptors (Lipinski definition) is 4. The zero-order chi connectivity index (χ0) is 18.8. The number of pyridine rings is 1. The van der Waals surface area contributed by atoms with Gasteiger partial charge in [-0.05, 0) is 54.8 Å². The van der Waals surface area contributed by atoms with Crippen molar-refractivity contribution in [3.8, 4) is 11.5 Å². The molecule has 0 aliphatic rings. The molecule has 0 fully saturated rings. The van der Waals surface area contributed by atoms with Crippen LogP contribution in [0.3, 0.4) is 0 Å². The van der Waals surface area contributed by atoms with Crippen LogP contribution in [0.25, 0.3) is 6.08 Å². The summed E-state index contributed by atoms with van der Waals surface area (Å²) >= 11 is 0. The molecule has 138 valence electrons. The summed E-state index contributed by atoms with van der Waals surface area (Å²) in [6.45, 7) is 4.72. The average molecular weight is 354 g/mol. The van der Waals surface area contributed by atoms with Gasteiger partial charge in [0.2, 0.25) is 5.91 Å². The molecule has 0 saturated heterocycles. The molecule has 1 atom stereocenters. The number of carbonyl (C=O) groups is 1. The lowest BCUT2D eigenvalue weighted by atomic mass is 10.1. The molecule has 0 aliphatic carbocycles. The van der Waals surface area contributed by atoms with Gasteiger partial charge in [0.1, 0.15) is 0 Å². The van der Waals surface area contributed by atoms with E-state index in [1.807, 2.05) is 37.3 Å². The molecule has 0 radical (unpaired) electrons. The molecule has 5 heteroatoms. The summed E-state index contributed by atoms with van der Waals surface area (Å²) in [5, 5.41) is 2.93. The largest absolute Gasteiger partial charge is 0.493 e. The Kier molecular flexibility index (Phi) is 7.68. The molecule has 2 rings (SSSR count). The second kappa shape index (κ2) is 10.2. The number of ether oxygens (including phenoxy) is 2. The Labute approximate surface area is 155 Å². The van der Waals surface area contributed by atoms with E-state index in [2.05, 4.69) is 17.2 Å². The molecular formula is C21H26N2O3. The Morgan fingerprint density at radius 3 is 2.69 bits per heavy atom. The van der Waals surface area contributed by atoms with Gasteiger partial charge < -0.3 is 14.8 Å². The SMILES string of the molecule is CCCCOc1ccc(C=CC(=O)NC(C)c2ccncc2)cc1OC. The van der Waals surface area contributed by atoms with Crippen LogP contribution >= 0.6 is 0 Å². The molecule has 1 unspecified atom stereocenters. The minimum Gasteiger partial charge on any atom is -0.493 e. The predicted octanol–water partition coefficient (Wildman–Crippen LogP) is 4.16. The van der Waals surface area contributed by atoms with E-state index < -0.39 is 0 Å². The van der Waals surface area contributed by atoms with Gasteiger partial charge in [0.25, 0.3) is 0 Å². The number of methoxy groups -OCH3 is 1. The number of nitrogens with one attached hydrogen (secondary N) is 1. The number of amides is 1. The van der Waals surface area contributed by atoms with Crippen molar-refractivity contribution in [3.05, 3.63) is 59.9 Å².